The predicted octanol–water partition coefficient (Wildman–Crippen LogP) is 7.95. The Morgan fingerprint density at radius 2 is 1.61 bits per heavy atom. The summed E-state index contributed by atoms with van der Waals surface area (Å²) < 4.78 is 11.6. The minimum absolute atomic E-state index is 0.00317. The highest BCUT2D eigenvalue weighted by Crippen LogP contribution is 2.39. The molecule has 2 heterocycles. The van der Waals surface area contributed by atoms with Gasteiger partial charge in [0, 0.05) is 50.3 Å². The highest BCUT2D eigenvalue weighted by Gasteiger charge is 2.43. The van der Waals surface area contributed by atoms with E-state index in [1.54, 1.807) is 19.1 Å². The third-order valence-corrected chi connectivity index (χ3v) is 10.4. The number of hydrogen-bond acceptors (Lipinski definition) is 5. The molecule has 1 aliphatic carbocycles. The summed E-state index contributed by atoms with van der Waals surface area (Å²) in [5.74, 6) is 1.04. The van der Waals surface area contributed by atoms with Gasteiger partial charge in [0.2, 0.25) is 5.91 Å². The van der Waals surface area contributed by atoms with E-state index in [2.05, 4.69) is 5.32 Å². The van der Waals surface area contributed by atoms with E-state index in [1.165, 1.54) is 6.07 Å². The van der Waals surface area contributed by atoms with Crippen molar-refractivity contribution in [3.63, 3.8) is 0 Å². The predicted molar refractivity (Wildman–Crippen MR) is 183 cm³/mol. The van der Waals surface area contributed by atoms with Crippen LogP contribution in [0.3, 0.4) is 0 Å². The van der Waals surface area contributed by atoms with Crippen molar-refractivity contribution in [1.29, 1.82) is 0 Å². The number of nitrogens with zero attached hydrogens (tertiary/aromatic N) is 2. The summed E-state index contributed by atoms with van der Waals surface area (Å²) in [6, 6.07) is 16.2. The molecule has 12 heteroatoms. The molecular weight excluding hydrogens is 692 g/mol. The minimum atomic E-state index is -0.295. The van der Waals surface area contributed by atoms with Crippen molar-refractivity contribution in [2.75, 3.05) is 26.3 Å². The Labute approximate surface area is 293 Å². The maximum absolute atomic E-state index is 14.5. The van der Waals surface area contributed by atoms with E-state index >= 15 is 0 Å². The number of fused-ring (bicyclic) bond motifs is 2. The average Bonchev–Trinajstić information content (AvgIpc) is 3.87. The lowest BCUT2D eigenvalue weighted by atomic mass is 9.82. The maximum Gasteiger partial charge on any atom is 0.252 e. The van der Waals surface area contributed by atoms with Crippen molar-refractivity contribution in [2.45, 2.75) is 50.9 Å². The highest BCUT2D eigenvalue weighted by atomic mass is 35.5. The molecule has 1 unspecified atom stereocenters. The van der Waals surface area contributed by atoms with Gasteiger partial charge in [0.25, 0.3) is 5.91 Å². The Bertz CT molecular complexity index is 1680. The summed E-state index contributed by atoms with van der Waals surface area (Å²) in [7, 11) is 0. The summed E-state index contributed by atoms with van der Waals surface area (Å²) in [6.07, 6.45) is 2.47. The number of carbonyl (C=O) groups excluding carboxylic acids is 2. The van der Waals surface area contributed by atoms with E-state index in [0.717, 1.165) is 29.5 Å². The molecule has 7 nitrogen and oxygen atoms in total. The fourth-order valence-electron chi connectivity index (χ4n) is 6.06. The fraction of sp³-hybridized carbons (Fsp3) is 0.353. The summed E-state index contributed by atoms with van der Waals surface area (Å²) in [5.41, 5.74) is 3.42. The number of ether oxygens (including phenoxy) is 2. The second-order valence-corrected chi connectivity index (χ2v) is 13.7. The van der Waals surface area contributed by atoms with Crippen molar-refractivity contribution in [1.82, 2.24) is 15.1 Å². The van der Waals surface area contributed by atoms with Crippen LogP contribution in [0.5, 0.6) is 11.5 Å². The monoisotopic (exact) mass is 721 g/mol. The summed E-state index contributed by atoms with van der Waals surface area (Å²) in [6.45, 7) is 3.47. The zero-order valence-corrected chi connectivity index (χ0v) is 28.8. The first-order chi connectivity index (χ1) is 22.1. The van der Waals surface area contributed by atoms with Crippen LogP contribution >= 0.6 is 58.0 Å². The Morgan fingerprint density at radius 3 is 2.33 bits per heavy atom. The molecule has 0 spiro atoms. The van der Waals surface area contributed by atoms with E-state index in [0.29, 0.717) is 68.2 Å². The molecule has 3 aromatic carbocycles. The van der Waals surface area contributed by atoms with Crippen LogP contribution < -0.4 is 14.8 Å². The first-order valence-electron chi connectivity index (χ1n) is 15.1. The standard InChI is InChI=1S/C34H32Cl5N3O4/c1-19(43)41-17-22-13-25(20-5-9-24(10-6-20)45-11-12-46-31-15-28(37)27(36)14-29(31)38)32(30(18-41)40-22)34(44)42(23-7-8-23)16-21-3-2-4-26(35)33(21)39/h2-6,9-10,14-15,22-23,30,40H,7-8,11-13,16-18H2,1H3/t22?,30-/m1/s1. The van der Waals surface area contributed by atoms with E-state index in [-0.39, 0.29) is 43.2 Å². The van der Waals surface area contributed by atoms with Crippen LogP contribution in [0.4, 0.5) is 0 Å². The Morgan fingerprint density at radius 1 is 0.891 bits per heavy atom. The lowest BCUT2D eigenvalue weighted by molar-refractivity contribution is -0.132. The SMILES string of the molecule is CC(=O)N1CC2CC(c3ccc(OCCOc4cc(Cl)c(Cl)cc4Cl)cc3)=C(C(=O)N(Cc3cccc(Cl)c3Cl)C3CC3)[C@@H](C1)N2. The van der Waals surface area contributed by atoms with Gasteiger partial charge in [-0.25, -0.2) is 0 Å². The molecular formula is C34H32Cl5N3O4. The van der Waals surface area contributed by atoms with Crippen LogP contribution in [-0.4, -0.2) is 66.0 Å². The molecule has 0 radical (unpaired) electrons. The topological polar surface area (TPSA) is 71.1 Å². The third-order valence-electron chi connectivity index (χ3n) is 8.49. The molecule has 242 valence electrons. The first-order valence-corrected chi connectivity index (χ1v) is 17.0. The van der Waals surface area contributed by atoms with Gasteiger partial charge in [-0.2, -0.15) is 0 Å². The Hall–Kier alpha value is -2.65. The molecule has 46 heavy (non-hydrogen) atoms. The molecule has 1 saturated carbocycles. The van der Waals surface area contributed by atoms with Crippen LogP contribution in [0.1, 0.15) is 37.3 Å². The normalized spacial score (nSPS) is 19.2. The van der Waals surface area contributed by atoms with Crippen molar-refractivity contribution in [3.05, 3.63) is 96.4 Å². The van der Waals surface area contributed by atoms with E-state index in [4.69, 9.17) is 67.5 Å². The van der Waals surface area contributed by atoms with Crippen LogP contribution in [0, 0.1) is 0 Å². The average molecular weight is 724 g/mol. The molecule has 0 aromatic heterocycles. The second kappa shape index (κ2) is 14.2. The van der Waals surface area contributed by atoms with Crippen LogP contribution in [0.2, 0.25) is 25.1 Å². The molecule has 2 bridgehead atoms. The molecule has 3 aromatic rings. The molecule has 2 fully saturated rings. The van der Waals surface area contributed by atoms with Crippen molar-refractivity contribution < 1.29 is 19.1 Å². The molecule has 2 aliphatic heterocycles. The van der Waals surface area contributed by atoms with Gasteiger partial charge >= 0.3 is 0 Å². The van der Waals surface area contributed by atoms with E-state index < -0.39 is 0 Å². The molecule has 1 N–H and O–H groups in total. The zero-order valence-electron chi connectivity index (χ0n) is 25.0. The zero-order chi connectivity index (χ0) is 32.5. The van der Waals surface area contributed by atoms with Gasteiger partial charge in [-0.3, -0.25) is 9.59 Å². The van der Waals surface area contributed by atoms with E-state index in [9.17, 15) is 9.59 Å². The minimum Gasteiger partial charge on any atom is -0.490 e. The first kappa shape index (κ1) is 33.3. The smallest absolute Gasteiger partial charge is 0.252 e. The van der Waals surface area contributed by atoms with E-state index in [1.807, 2.05) is 46.2 Å². The molecule has 1 saturated heterocycles. The summed E-state index contributed by atoms with van der Waals surface area (Å²) in [4.78, 5) is 30.7. The van der Waals surface area contributed by atoms with Crippen LogP contribution in [-0.2, 0) is 16.1 Å². The number of carbonyl (C=O) groups is 2. The maximum atomic E-state index is 14.5. The fourth-order valence-corrected chi connectivity index (χ4v) is 7.04. The highest BCUT2D eigenvalue weighted by molar-refractivity contribution is 6.43. The third kappa shape index (κ3) is 7.40. The van der Waals surface area contributed by atoms with Crippen molar-refractivity contribution in [2.24, 2.45) is 0 Å². The van der Waals surface area contributed by atoms with Gasteiger partial charge in [-0.05, 0) is 60.2 Å². The number of hydrogen-bond donors (Lipinski definition) is 1. The van der Waals surface area contributed by atoms with Gasteiger partial charge < -0.3 is 24.6 Å². The van der Waals surface area contributed by atoms with Crippen molar-refractivity contribution >= 4 is 75.4 Å². The number of benzene rings is 3. The quantitative estimate of drug-likeness (QED) is 0.170. The molecule has 6 rings (SSSR count). The lowest BCUT2D eigenvalue weighted by Gasteiger charge is -2.44. The molecule has 2 atom stereocenters. The largest absolute Gasteiger partial charge is 0.490 e. The van der Waals surface area contributed by atoms with Gasteiger partial charge in [0.05, 0.1) is 31.2 Å². The number of nitrogens with one attached hydrogen (secondary N) is 1. The Kier molecular flexibility index (Phi) is 10.3. The number of rotatable bonds is 10. The number of amides is 2. The molecule has 2 amide bonds. The van der Waals surface area contributed by atoms with Crippen LogP contribution in [0.25, 0.3) is 5.57 Å². The second-order valence-electron chi connectivity index (χ2n) is 11.7. The summed E-state index contributed by atoms with van der Waals surface area (Å²) >= 11 is 31.1. The van der Waals surface area contributed by atoms with Gasteiger partial charge in [-0.1, -0.05) is 82.3 Å². The van der Waals surface area contributed by atoms with Crippen molar-refractivity contribution in [3.8, 4) is 11.5 Å². The number of piperazine rings is 1. The van der Waals surface area contributed by atoms with Crippen LogP contribution in [0.15, 0.2) is 60.2 Å². The summed E-state index contributed by atoms with van der Waals surface area (Å²) in [5, 5.41) is 5.62. The number of halogens is 5. The lowest BCUT2D eigenvalue weighted by Crippen LogP contribution is -2.61. The molecule has 3 aliphatic rings. The Balaban J connectivity index is 1.23. The van der Waals surface area contributed by atoms with Gasteiger partial charge in [0.1, 0.15) is 24.7 Å². The van der Waals surface area contributed by atoms with Gasteiger partial charge in [-0.15, -0.1) is 0 Å². The van der Waals surface area contributed by atoms with Gasteiger partial charge in [0.15, 0.2) is 0 Å².